The summed E-state index contributed by atoms with van der Waals surface area (Å²) in [5.74, 6) is 1.22. The average molecular weight is 467 g/mol. The molecule has 0 aliphatic heterocycles. The van der Waals surface area contributed by atoms with Crippen LogP contribution in [0.2, 0.25) is 0 Å². The number of rotatable bonds is 7. The normalized spacial score (nSPS) is 12.4. The summed E-state index contributed by atoms with van der Waals surface area (Å²) in [6.45, 7) is -2.31. The first-order chi connectivity index (χ1) is 11.6. The zero-order valence-electron chi connectivity index (χ0n) is 13.5. The van der Waals surface area contributed by atoms with Crippen molar-refractivity contribution in [2.75, 3.05) is 13.6 Å². The highest BCUT2D eigenvalue weighted by Gasteiger charge is 2.11. The second kappa shape index (κ2) is 10.9. The van der Waals surface area contributed by atoms with Gasteiger partial charge in [0, 0.05) is 13.6 Å². The number of aliphatic imine (C=N–C) groups is 1. The molecule has 138 valence electrons. The topological polar surface area (TPSA) is 79.0 Å². The van der Waals surface area contributed by atoms with Crippen LogP contribution in [0.3, 0.4) is 0 Å². The van der Waals surface area contributed by atoms with E-state index in [0.29, 0.717) is 18.1 Å². The fourth-order valence-electron chi connectivity index (χ4n) is 2.01. The lowest BCUT2D eigenvalue weighted by Crippen LogP contribution is -2.38. The molecule has 1 heterocycles. The van der Waals surface area contributed by atoms with Crippen LogP contribution in [0.4, 0.5) is 8.78 Å². The number of guanidine groups is 1. The minimum absolute atomic E-state index is 0. The lowest BCUT2D eigenvalue weighted by atomic mass is 10.1. The summed E-state index contributed by atoms with van der Waals surface area (Å²) < 4.78 is 34.0. The highest BCUT2D eigenvalue weighted by atomic mass is 127. The third-order valence-corrected chi connectivity index (χ3v) is 3.16. The van der Waals surface area contributed by atoms with E-state index >= 15 is 0 Å². The van der Waals surface area contributed by atoms with Gasteiger partial charge in [-0.15, -0.1) is 24.0 Å². The van der Waals surface area contributed by atoms with Gasteiger partial charge in [0.25, 0.3) is 0 Å². The molecule has 25 heavy (non-hydrogen) atoms. The maximum absolute atomic E-state index is 12.2. The SMILES string of the molecule is CN=C(NCc1ccco1)NCC(O)c1cccc(OC(F)F)c1.I. The molecule has 2 rings (SSSR count). The predicted octanol–water partition coefficient (Wildman–Crippen LogP) is 2.90. The van der Waals surface area contributed by atoms with Crippen LogP contribution in [0, 0.1) is 0 Å². The molecule has 1 aromatic heterocycles. The van der Waals surface area contributed by atoms with Crippen LogP contribution in [0.5, 0.6) is 5.75 Å². The van der Waals surface area contributed by atoms with Gasteiger partial charge in [0.05, 0.1) is 18.9 Å². The van der Waals surface area contributed by atoms with Crippen LogP contribution < -0.4 is 15.4 Å². The van der Waals surface area contributed by atoms with Gasteiger partial charge in [-0.1, -0.05) is 12.1 Å². The van der Waals surface area contributed by atoms with Crippen LogP contribution in [0.15, 0.2) is 52.1 Å². The Bertz CT molecular complexity index is 654. The molecule has 0 saturated heterocycles. The van der Waals surface area contributed by atoms with Crippen molar-refractivity contribution in [1.29, 1.82) is 0 Å². The molecule has 1 unspecified atom stereocenters. The minimum Gasteiger partial charge on any atom is -0.467 e. The molecular weight excluding hydrogens is 447 g/mol. The van der Waals surface area contributed by atoms with Crippen molar-refractivity contribution in [2.24, 2.45) is 4.99 Å². The molecule has 0 bridgehead atoms. The maximum atomic E-state index is 12.2. The van der Waals surface area contributed by atoms with Gasteiger partial charge in [-0.3, -0.25) is 4.99 Å². The number of aliphatic hydroxyl groups excluding tert-OH is 1. The molecular formula is C16H20F2IN3O3. The Morgan fingerprint density at radius 1 is 1.28 bits per heavy atom. The number of halogens is 3. The standard InChI is InChI=1S/C16H19F2N3O3.HI/c1-19-16(20-9-13-6-3-7-23-13)21-10-14(22)11-4-2-5-12(8-11)24-15(17)18;/h2-8,14-15,22H,9-10H2,1H3,(H2,19,20,21);1H. The second-order valence-electron chi connectivity index (χ2n) is 4.85. The van der Waals surface area contributed by atoms with Crippen LogP contribution in [0.25, 0.3) is 0 Å². The lowest BCUT2D eigenvalue weighted by molar-refractivity contribution is -0.0499. The van der Waals surface area contributed by atoms with Crippen molar-refractivity contribution in [3.05, 3.63) is 54.0 Å². The van der Waals surface area contributed by atoms with Crippen LogP contribution >= 0.6 is 24.0 Å². The smallest absolute Gasteiger partial charge is 0.387 e. The van der Waals surface area contributed by atoms with E-state index in [1.54, 1.807) is 31.5 Å². The molecule has 3 N–H and O–H groups in total. The molecule has 6 nitrogen and oxygen atoms in total. The Kier molecular flexibility index (Phi) is 9.21. The number of hydrogen-bond donors (Lipinski definition) is 3. The second-order valence-corrected chi connectivity index (χ2v) is 4.85. The first kappa shape index (κ1) is 21.2. The summed E-state index contributed by atoms with van der Waals surface area (Å²) in [5, 5.41) is 16.1. The van der Waals surface area contributed by atoms with Crippen molar-refractivity contribution >= 4 is 29.9 Å². The van der Waals surface area contributed by atoms with E-state index in [1.165, 1.54) is 12.1 Å². The molecule has 0 saturated carbocycles. The van der Waals surface area contributed by atoms with E-state index in [9.17, 15) is 13.9 Å². The van der Waals surface area contributed by atoms with Crippen molar-refractivity contribution in [3.8, 4) is 5.75 Å². The van der Waals surface area contributed by atoms with Gasteiger partial charge in [-0.05, 0) is 29.8 Å². The number of benzene rings is 1. The highest BCUT2D eigenvalue weighted by Crippen LogP contribution is 2.20. The van der Waals surface area contributed by atoms with Gasteiger partial charge in [0.15, 0.2) is 5.96 Å². The Labute approximate surface area is 161 Å². The minimum atomic E-state index is -2.90. The Hall–Kier alpha value is -1.88. The monoisotopic (exact) mass is 467 g/mol. The first-order valence-corrected chi connectivity index (χ1v) is 7.28. The molecule has 1 aromatic carbocycles. The molecule has 0 radical (unpaired) electrons. The van der Waals surface area contributed by atoms with Crippen LogP contribution in [-0.2, 0) is 6.54 Å². The van der Waals surface area contributed by atoms with E-state index in [1.807, 2.05) is 6.07 Å². The molecule has 0 spiro atoms. The van der Waals surface area contributed by atoms with E-state index in [2.05, 4.69) is 20.4 Å². The fraction of sp³-hybridized carbons (Fsp3) is 0.312. The first-order valence-electron chi connectivity index (χ1n) is 7.28. The largest absolute Gasteiger partial charge is 0.467 e. The van der Waals surface area contributed by atoms with Crippen molar-refractivity contribution in [3.63, 3.8) is 0 Å². The molecule has 0 amide bonds. The number of aliphatic hydroxyl groups is 1. The molecule has 1 atom stereocenters. The zero-order valence-corrected chi connectivity index (χ0v) is 15.8. The third-order valence-electron chi connectivity index (χ3n) is 3.16. The van der Waals surface area contributed by atoms with Crippen molar-refractivity contribution in [2.45, 2.75) is 19.3 Å². The van der Waals surface area contributed by atoms with Gasteiger partial charge < -0.3 is 24.9 Å². The van der Waals surface area contributed by atoms with Crippen molar-refractivity contribution in [1.82, 2.24) is 10.6 Å². The zero-order chi connectivity index (χ0) is 17.4. The molecule has 9 heteroatoms. The number of hydrogen-bond acceptors (Lipinski definition) is 4. The van der Waals surface area contributed by atoms with Gasteiger partial charge >= 0.3 is 6.61 Å². The number of furan rings is 1. The molecule has 0 aliphatic carbocycles. The quantitative estimate of drug-likeness (QED) is 0.332. The average Bonchev–Trinajstić information content (AvgIpc) is 3.08. The fourth-order valence-corrected chi connectivity index (χ4v) is 2.01. The Morgan fingerprint density at radius 3 is 2.72 bits per heavy atom. The summed E-state index contributed by atoms with van der Waals surface area (Å²) in [4.78, 5) is 4.03. The maximum Gasteiger partial charge on any atom is 0.387 e. The number of alkyl halides is 2. The summed E-state index contributed by atoms with van der Waals surface area (Å²) in [6.07, 6.45) is 0.666. The predicted molar refractivity (Wildman–Crippen MR) is 100 cm³/mol. The van der Waals surface area contributed by atoms with E-state index in [-0.39, 0.29) is 36.3 Å². The highest BCUT2D eigenvalue weighted by molar-refractivity contribution is 14.0. The summed E-state index contributed by atoms with van der Waals surface area (Å²) in [7, 11) is 1.60. The lowest BCUT2D eigenvalue weighted by Gasteiger charge is -2.16. The number of nitrogens with zero attached hydrogens (tertiary/aromatic N) is 1. The van der Waals surface area contributed by atoms with Gasteiger partial charge in [-0.25, -0.2) is 0 Å². The van der Waals surface area contributed by atoms with Gasteiger partial charge in [0.1, 0.15) is 11.5 Å². The third kappa shape index (κ3) is 7.26. The molecule has 0 aliphatic rings. The summed E-state index contributed by atoms with van der Waals surface area (Å²) in [5.41, 5.74) is 0.460. The van der Waals surface area contributed by atoms with Crippen LogP contribution in [0.1, 0.15) is 17.4 Å². The van der Waals surface area contributed by atoms with E-state index in [0.717, 1.165) is 5.76 Å². The van der Waals surface area contributed by atoms with Crippen LogP contribution in [-0.4, -0.2) is 31.3 Å². The summed E-state index contributed by atoms with van der Waals surface area (Å²) in [6, 6.07) is 9.55. The number of nitrogens with one attached hydrogen (secondary N) is 2. The number of ether oxygens (including phenoxy) is 1. The van der Waals surface area contributed by atoms with Gasteiger partial charge in [-0.2, -0.15) is 8.78 Å². The Morgan fingerprint density at radius 2 is 2.08 bits per heavy atom. The van der Waals surface area contributed by atoms with E-state index < -0.39 is 12.7 Å². The summed E-state index contributed by atoms with van der Waals surface area (Å²) >= 11 is 0. The Balaban J connectivity index is 0.00000312. The molecule has 0 fully saturated rings. The van der Waals surface area contributed by atoms with E-state index in [4.69, 9.17) is 4.42 Å². The van der Waals surface area contributed by atoms with Gasteiger partial charge in [0.2, 0.25) is 0 Å². The van der Waals surface area contributed by atoms with Crippen molar-refractivity contribution < 1.29 is 23.0 Å². The molecule has 2 aromatic rings.